The smallest absolute Gasteiger partial charge is 0.240 e. The Hall–Kier alpha value is -1.57. The molecule has 1 saturated carbocycles. The number of carbonyl (C=O) groups is 2. The van der Waals surface area contributed by atoms with E-state index in [1.165, 1.54) is 24.6 Å². The monoisotopic (exact) mass is 426 g/mol. The average molecular weight is 427 g/mol. The van der Waals surface area contributed by atoms with Crippen LogP contribution in [-0.4, -0.2) is 27.9 Å². The van der Waals surface area contributed by atoms with Gasteiger partial charge in [0.05, 0.1) is 10.7 Å². The molecule has 9 heteroatoms. The number of rotatable bonds is 4. The van der Waals surface area contributed by atoms with Crippen LogP contribution in [0, 0.1) is 0 Å². The minimum absolute atomic E-state index is 0.00886. The van der Waals surface area contributed by atoms with Crippen LogP contribution in [0.15, 0.2) is 28.4 Å². The Bertz CT molecular complexity index is 788. The van der Waals surface area contributed by atoms with Gasteiger partial charge in [-0.05, 0) is 43.9 Å². The lowest BCUT2D eigenvalue weighted by Gasteiger charge is -2.09. The summed E-state index contributed by atoms with van der Waals surface area (Å²) in [4.78, 5) is 24.4. The van der Waals surface area contributed by atoms with Gasteiger partial charge in [0.1, 0.15) is 5.25 Å². The molecule has 0 bridgehead atoms. The predicted octanol–water partition coefficient (Wildman–Crippen LogP) is 4.62. The summed E-state index contributed by atoms with van der Waals surface area (Å²) in [5.41, 5.74) is 1.50. The van der Waals surface area contributed by atoms with Gasteiger partial charge in [-0.2, -0.15) is 5.10 Å². The number of amides is 2. The van der Waals surface area contributed by atoms with E-state index in [1.54, 1.807) is 18.2 Å². The number of halogens is 2. The van der Waals surface area contributed by atoms with Crippen LogP contribution >= 0.6 is 35.0 Å². The highest BCUT2D eigenvalue weighted by Gasteiger charge is 2.32. The number of anilines is 1. The van der Waals surface area contributed by atoms with Gasteiger partial charge in [-0.1, -0.05) is 47.8 Å². The molecular weight excluding hydrogens is 407 g/mol. The maximum atomic E-state index is 12.3. The second kappa shape index (κ2) is 9.57. The van der Waals surface area contributed by atoms with Gasteiger partial charge in [-0.3, -0.25) is 9.59 Å². The molecule has 1 saturated heterocycles. The Kier molecular flexibility index (Phi) is 7.15. The summed E-state index contributed by atoms with van der Waals surface area (Å²) in [6.45, 7) is 0. The molecule has 2 N–H and O–H groups in total. The largest absolute Gasteiger partial charge is 0.325 e. The van der Waals surface area contributed by atoms with E-state index in [2.05, 4.69) is 20.8 Å². The van der Waals surface area contributed by atoms with Crippen LogP contribution in [0.5, 0.6) is 0 Å². The van der Waals surface area contributed by atoms with Crippen molar-refractivity contribution >= 4 is 63.3 Å². The molecular formula is C18H20Cl2N4O2S. The van der Waals surface area contributed by atoms with E-state index in [-0.39, 0.29) is 18.2 Å². The third-order valence-corrected chi connectivity index (χ3v) is 5.95. The Morgan fingerprint density at radius 3 is 2.67 bits per heavy atom. The molecule has 27 heavy (non-hydrogen) atoms. The first kappa shape index (κ1) is 20.2. The summed E-state index contributed by atoms with van der Waals surface area (Å²) in [7, 11) is 0. The van der Waals surface area contributed by atoms with Gasteiger partial charge >= 0.3 is 0 Å². The summed E-state index contributed by atoms with van der Waals surface area (Å²) < 4.78 is 0. The highest BCUT2D eigenvalue weighted by atomic mass is 35.5. The molecule has 2 amide bonds. The molecule has 1 atom stereocenters. The minimum atomic E-state index is -0.545. The molecule has 144 valence electrons. The zero-order valence-electron chi connectivity index (χ0n) is 14.6. The second-order valence-electron chi connectivity index (χ2n) is 6.46. The second-order valence-corrected chi connectivity index (χ2v) is 8.49. The maximum absolute atomic E-state index is 12.3. The first-order valence-corrected chi connectivity index (χ1v) is 10.5. The van der Waals surface area contributed by atoms with Crippen LogP contribution < -0.4 is 10.6 Å². The molecule has 1 aliphatic carbocycles. The van der Waals surface area contributed by atoms with Crippen molar-refractivity contribution in [3.63, 3.8) is 0 Å². The highest BCUT2D eigenvalue weighted by molar-refractivity contribution is 8.15. The van der Waals surface area contributed by atoms with Gasteiger partial charge in [0.25, 0.3) is 0 Å². The van der Waals surface area contributed by atoms with Gasteiger partial charge in [-0.15, -0.1) is 5.10 Å². The van der Waals surface area contributed by atoms with Crippen LogP contribution in [0.4, 0.5) is 5.69 Å². The Morgan fingerprint density at radius 2 is 1.93 bits per heavy atom. The topological polar surface area (TPSA) is 82.9 Å². The lowest BCUT2D eigenvalue weighted by atomic mass is 10.2. The van der Waals surface area contributed by atoms with Crippen molar-refractivity contribution in [2.24, 2.45) is 10.2 Å². The predicted molar refractivity (Wildman–Crippen MR) is 112 cm³/mol. The molecule has 0 spiro atoms. The summed E-state index contributed by atoms with van der Waals surface area (Å²) in [5.74, 6) is -0.560. The number of nitrogens with zero attached hydrogens (tertiary/aromatic N) is 2. The average Bonchev–Trinajstić information content (AvgIpc) is 2.83. The van der Waals surface area contributed by atoms with Crippen molar-refractivity contribution in [1.29, 1.82) is 0 Å². The van der Waals surface area contributed by atoms with Crippen molar-refractivity contribution < 1.29 is 9.59 Å². The number of thioether (sulfide) groups is 1. The fourth-order valence-corrected chi connectivity index (χ4v) is 4.16. The molecule has 1 unspecified atom stereocenters. The molecule has 3 rings (SSSR count). The summed E-state index contributed by atoms with van der Waals surface area (Å²) >= 11 is 13.2. The van der Waals surface area contributed by atoms with E-state index in [4.69, 9.17) is 23.2 Å². The summed E-state index contributed by atoms with van der Waals surface area (Å²) in [6.07, 6.45) is 6.66. The fourth-order valence-electron chi connectivity index (χ4n) is 2.90. The third kappa shape index (κ3) is 5.96. The molecule has 2 aliphatic rings. The quantitative estimate of drug-likeness (QED) is 0.543. The summed E-state index contributed by atoms with van der Waals surface area (Å²) in [5, 5.41) is 14.6. The standard InChI is InChI=1S/C18H20Cl2N4O2S/c19-11-7-8-13(20)14(9-11)21-16(25)10-15-17(26)22-18(27-15)24-23-12-5-3-1-2-4-6-12/h7-9,15H,1-6,10H2,(H,21,25)(H,22,24,26). The zero-order chi connectivity index (χ0) is 19.2. The first-order chi connectivity index (χ1) is 13.0. The number of carbonyl (C=O) groups excluding carboxylic acids is 2. The van der Waals surface area contributed by atoms with E-state index in [9.17, 15) is 9.59 Å². The number of hydrogen-bond acceptors (Lipinski definition) is 5. The number of nitrogens with one attached hydrogen (secondary N) is 2. The van der Waals surface area contributed by atoms with E-state index in [1.807, 2.05) is 0 Å². The lowest BCUT2D eigenvalue weighted by Crippen LogP contribution is -2.28. The SMILES string of the molecule is O=C(CC1SC(=NN=C2CCCCCC2)NC1=O)Nc1cc(Cl)ccc1Cl. The zero-order valence-corrected chi connectivity index (χ0v) is 17.0. The number of benzene rings is 1. The Morgan fingerprint density at radius 1 is 1.19 bits per heavy atom. The molecule has 1 aromatic rings. The highest BCUT2D eigenvalue weighted by Crippen LogP contribution is 2.27. The van der Waals surface area contributed by atoms with Crippen LogP contribution in [0.25, 0.3) is 0 Å². The molecule has 6 nitrogen and oxygen atoms in total. The van der Waals surface area contributed by atoms with Crippen LogP contribution in [-0.2, 0) is 9.59 Å². The molecule has 0 radical (unpaired) electrons. The Balaban J connectivity index is 1.57. The van der Waals surface area contributed by atoms with Crippen molar-refractivity contribution in [2.45, 2.75) is 50.2 Å². The van der Waals surface area contributed by atoms with Crippen molar-refractivity contribution in [3.8, 4) is 0 Å². The fraction of sp³-hybridized carbons (Fsp3) is 0.444. The van der Waals surface area contributed by atoms with E-state index in [0.29, 0.717) is 20.9 Å². The van der Waals surface area contributed by atoms with Crippen LogP contribution in [0.1, 0.15) is 44.9 Å². The van der Waals surface area contributed by atoms with Crippen molar-refractivity contribution in [3.05, 3.63) is 28.2 Å². The number of amidine groups is 1. The molecule has 2 fully saturated rings. The van der Waals surface area contributed by atoms with Crippen LogP contribution in [0.3, 0.4) is 0 Å². The lowest BCUT2D eigenvalue weighted by molar-refractivity contribution is -0.122. The van der Waals surface area contributed by atoms with Crippen molar-refractivity contribution in [1.82, 2.24) is 5.32 Å². The van der Waals surface area contributed by atoms with Gasteiger partial charge in [0.15, 0.2) is 5.17 Å². The molecule has 0 aromatic heterocycles. The minimum Gasteiger partial charge on any atom is -0.325 e. The first-order valence-electron chi connectivity index (χ1n) is 8.87. The Labute approximate surface area is 172 Å². The van der Waals surface area contributed by atoms with Crippen molar-refractivity contribution in [2.75, 3.05) is 5.32 Å². The van der Waals surface area contributed by atoms with Gasteiger partial charge in [0.2, 0.25) is 11.8 Å². The van der Waals surface area contributed by atoms with Gasteiger partial charge in [0, 0.05) is 17.2 Å². The molecule has 1 aliphatic heterocycles. The third-order valence-electron chi connectivity index (χ3n) is 4.31. The summed E-state index contributed by atoms with van der Waals surface area (Å²) in [6, 6.07) is 4.81. The molecule has 1 heterocycles. The van der Waals surface area contributed by atoms with E-state index in [0.717, 1.165) is 31.4 Å². The van der Waals surface area contributed by atoms with Gasteiger partial charge in [-0.25, -0.2) is 0 Å². The van der Waals surface area contributed by atoms with Gasteiger partial charge < -0.3 is 10.6 Å². The number of hydrogen-bond donors (Lipinski definition) is 2. The van der Waals surface area contributed by atoms with E-state index < -0.39 is 5.25 Å². The molecule has 1 aromatic carbocycles. The van der Waals surface area contributed by atoms with Crippen LogP contribution in [0.2, 0.25) is 10.0 Å². The normalized spacial score (nSPS) is 21.7. The van der Waals surface area contributed by atoms with E-state index >= 15 is 0 Å². The maximum Gasteiger partial charge on any atom is 0.240 e.